The third-order valence-electron chi connectivity index (χ3n) is 3.96. The summed E-state index contributed by atoms with van der Waals surface area (Å²) >= 11 is 3.40. The molecule has 0 heterocycles. The summed E-state index contributed by atoms with van der Waals surface area (Å²) in [5, 5.41) is 13.4. The lowest BCUT2D eigenvalue weighted by Crippen LogP contribution is -2.00. The Labute approximate surface area is 172 Å². The highest BCUT2D eigenvalue weighted by Gasteiger charge is 2.07. The number of methoxy groups -OCH3 is 1. The van der Waals surface area contributed by atoms with Crippen molar-refractivity contribution in [3.63, 3.8) is 0 Å². The van der Waals surface area contributed by atoms with Crippen LogP contribution in [-0.2, 0) is 6.61 Å². The van der Waals surface area contributed by atoms with Gasteiger partial charge in [0.15, 0.2) is 11.5 Å². The van der Waals surface area contributed by atoms with Crippen molar-refractivity contribution in [2.45, 2.75) is 6.61 Å². The quantitative estimate of drug-likeness (QED) is 0.400. The number of anilines is 1. The summed E-state index contributed by atoms with van der Waals surface area (Å²) in [5.41, 5.74) is 6.17. The van der Waals surface area contributed by atoms with Crippen LogP contribution in [0.15, 0.2) is 76.3 Å². The first-order valence-electron chi connectivity index (χ1n) is 8.53. The molecule has 0 aliphatic heterocycles. The van der Waals surface area contributed by atoms with E-state index in [9.17, 15) is 5.26 Å². The molecule has 0 aliphatic carbocycles. The maximum Gasteiger partial charge on any atom is 0.161 e. The number of hydrazone groups is 1. The average Bonchev–Trinajstić information content (AvgIpc) is 2.74. The molecular weight excluding hydrogens is 418 g/mol. The number of nitrogens with zero attached hydrogens (tertiary/aromatic N) is 2. The Hall–Kier alpha value is -3.30. The van der Waals surface area contributed by atoms with Crippen molar-refractivity contribution in [3.8, 4) is 17.6 Å². The van der Waals surface area contributed by atoms with Crippen LogP contribution >= 0.6 is 15.9 Å². The van der Waals surface area contributed by atoms with Crippen LogP contribution in [-0.4, -0.2) is 13.3 Å². The van der Waals surface area contributed by atoms with Gasteiger partial charge in [-0.1, -0.05) is 34.1 Å². The molecule has 0 bridgehead atoms. The molecule has 0 atom stereocenters. The molecule has 5 nitrogen and oxygen atoms in total. The van der Waals surface area contributed by atoms with Crippen molar-refractivity contribution in [2.24, 2.45) is 5.10 Å². The summed E-state index contributed by atoms with van der Waals surface area (Å²) in [6.45, 7) is 0.290. The smallest absolute Gasteiger partial charge is 0.161 e. The van der Waals surface area contributed by atoms with Gasteiger partial charge in [-0.15, -0.1) is 0 Å². The van der Waals surface area contributed by atoms with Crippen molar-refractivity contribution in [1.29, 1.82) is 5.26 Å². The zero-order chi connectivity index (χ0) is 19.8. The Bertz CT molecular complexity index is 1010. The second-order valence-corrected chi connectivity index (χ2v) is 6.76. The van der Waals surface area contributed by atoms with Crippen LogP contribution in [0.3, 0.4) is 0 Å². The third-order valence-corrected chi connectivity index (χ3v) is 4.49. The second-order valence-electron chi connectivity index (χ2n) is 5.84. The maximum atomic E-state index is 9.18. The molecule has 0 saturated carbocycles. The molecule has 140 valence electrons. The lowest BCUT2D eigenvalue weighted by Gasteiger charge is -2.12. The number of ether oxygens (including phenoxy) is 2. The zero-order valence-electron chi connectivity index (χ0n) is 15.2. The minimum absolute atomic E-state index is 0.290. The standard InChI is InChI=1S/C22H18BrN3O2/c1-27-22-12-16(14-25-26-20-9-7-19(23)8-10-20)6-11-21(22)28-15-18-5-3-2-4-17(18)13-24/h2-12,14,26H,15H2,1H3. The van der Waals surface area contributed by atoms with E-state index in [0.717, 1.165) is 21.3 Å². The molecule has 3 aromatic rings. The van der Waals surface area contributed by atoms with Crippen LogP contribution in [0.2, 0.25) is 0 Å². The fourth-order valence-corrected chi connectivity index (χ4v) is 2.76. The van der Waals surface area contributed by atoms with Crippen molar-refractivity contribution in [3.05, 3.63) is 87.9 Å². The molecule has 0 fully saturated rings. The summed E-state index contributed by atoms with van der Waals surface area (Å²) in [4.78, 5) is 0. The van der Waals surface area contributed by atoms with Gasteiger partial charge < -0.3 is 9.47 Å². The molecule has 0 aromatic heterocycles. The number of benzene rings is 3. The zero-order valence-corrected chi connectivity index (χ0v) is 16.8. The van der Waals surface area contributed by atoms with Crippen molar-refractivity contribution in [1.82, 2.24) is 0 Å². The second kappa shape index (κ2) is 9.58. The third kappa shape index (κ3) is 5.12. The van der Waals surface area contributed by atoms with Gasteiger partial charge in [-0.3, -0.25) is 5.43 Å². The fourth-order valence-electron chi connectivity index (χ4n) is 2.50. The molecule has 0 saturated heterocycles. The van der Waals surface area contributed by atoms with Crippen LogP contribution in [0.5, 0.6) is 11.5 Å². The number of halogens is 1. The monoisotopic (exact) mass is 435 g/mol. The Morgan fingerprint density at radius 1 is 1.07 bits per heavy atom. The van der Waals surface area contributed by atoms with Crippen LogP contribution in [0.1, 0.15) is 16.7 Å². The highest BCUT2D eigenvalue weighted by atomic mass is 79.9. The largest absolute Gasteiger partial charge is 0.493 e. The normalized spacial score (nSPS) is 10.5. The predicted octanol–water partition coefficient (Wildman–Crippen LogP) is 5.35. The highest BCUT2D eigenvalue weighted by Crippen LogP contribution is 2.28. The van der Waals surface area contributed by atoms with Gasteiger partial charge in [0, 0.05) is 10.0 Å². The van der Waals surface area contributed by atoms with Crippen molar-refractivity contribution in [2.75, 3.05) is 12.5 Å². The van der Waals surface area contributed by atoms with Gasteiger partial charge in [-0.05, 0) is 54.1 Å². The van der Waals surface area contributed by atoms with Crippen LogP contribution in [0, 0.1) is 11.3 Å². The van der Waals surface area contributed by atoms with Gasteiger partial charge in [0.25, 0.3) is 0 Å². The highest BCUT2D eigenvalue weighted by molar-refractivity contribution is 9.10. The SMILES string of the molecule is COc1cc(C=NNc2ccc(Br)cc2)ccc1OCc1ccccc1C#N. The molecule has 3 rings (SSSR count). The molecule has 28 heavy (non-hydrogen) atoms. The van der Waals surface area contributed by atoms with E-state index < -0.39 is 0 Å². The van der Waals surface area contributed by atoms with Gasteiger partial charge >= 0.3 is 0 Å². The van der Waals surface area contributed by atoms with E-state index in [2.05, 4.69) is 32.5 Å². The lowest BCUT2D eigenvalue weighted by molar-refractivity contribution is 0.284. The van der Waals surface area contributed by atoms with Crippen LogP contribution in [0.4, 0.5) is 5.69 Å². The minimum Gasteiger partial charge on any atom is -0.493 e. The fraction of sp³-hybridized carbons (Fsp3) is 0.0909. The van der Waals surface area contributed by atoms with E-state index in [1.807, 2.05) is 60.7 Å². The van der Waals surface area contributed by atoms with Crippen LogP contribution in [0.25, 0.3) is 0 Å². The summed E-state index contributed by atoms with van der Waals surface area (Å²) in [7, 11) is 1.59. The van der Waals surface area contributed by atoms with E-state index in [-0.39, 0.29) is 0 Å². The van der Waals surface area contributed by atoms with Gasteiger partial charge in [0.05, 0.1) is 30.6 Å². The van der Waals surface area contributed by atoms with Gasteiger partial charge in [-0.25, -0.2) is 0 Å². The van der Waals surface area contributed by atoms with Gasteiger partial charge in [0.1, 0.15) is 6.61 Å². The van der Waals surface area contributed by atoms with Gasteiger partial charge in [0.2, 0.25) is 0 Å². The Kier molecular flexibility index (Phi) is 6.66. The van der Waals surface area contributed by atoms with Crippen LogP contribution < -0.4 is 14.9 Å². The maximum absolute atomic E-state index is 9.18. The molecule has 0 spiro atoms. The van der Waals surface area contributed by atoms with Crippen molar-refractivity contribution < 1.29 is 9.47 Å². The molecule has 0 amide bonds. The summed E-state index contributed by atoms with van der Waals surface area (Å²) in [6, 6.07) is 22.8. The van der Waals surface area contributed by atoms with E-state index >= 15 is 0 Å². The molecule has 1 N–H and O–H groups in total. The lowest BCUT2D eigenvalue weighted by atomic mass is 10.1. The first-order chi connectivity index (χ1) is 13.7. The van der Waals surface area contributed by atoms with E-state index in [1.165, 1.54) is 0 Å². The molecule has 0 radical (unpaired) electrons. The molecular formula is C22H18BrN3O2. The average molecular weight is 436 g/mol. The van der Waals surface area contributed by atoms with E-state index in [1.54, 1.807) is 19.4 Å². The Morgan fingerprint density at radius 2 is 1.86 bits per heavy atom. The molecule has 0 aliphatic rings. The Morgan fingerprint density at radius 3 is 2.61 bits per heavy atom. The number of nitrogens with one attached hydrogen (secondary N) is 1. The first kappa shape index (κ1) is 19.5. The molecule has 6 heteroatoms. The number of rotatable bonds is 7. The molecule has 0 unspecified atom stereocenters. The minimum atomic E-state index is 0.290. The summed E-state index contributed by atoms with van der Waals surface area (Å²) in [5.74, 6) is 1.20. The first-order valence-corrected chi connectivity index (χ1v) is 9.32. The predicted molar refractivity (Wildman–Crippen MR) is 114 cm³/mol. The topological polar surface area (TPSA) is 66.6 Å². The van der Waals surface area contributed by atoms with Crippen molar-refractivity contribution >= 4 is 27.8 Å². The van der Waals surface area contributed by atoms with Gasteiger partial charge in [-0.2, -0.15) is 10.4 Å². The molecule has 3 aromatic carbocycles. The summed E-state index contributed by atoms with van der Waals surface area (Å²) in [6.07, 6.45) is 1.71. The Balaban J connectivity index is 1.67. The number of nitriles is 1. The van der Waals surface area contributed by atoms with E-state index in [0.29, 0.717) is 23.7 Å². The number of hydrogen-bond acceptors (Lipinski definition) is 5. The van der Waals surface area contributed by atoms with E-state index in [4.69, 9.17) is 9.47 Å². The number of hydrogen-bond donors (Lipinski definition) is 1. The summed E-state index contributed by atoms with van der Waals surface area (Å²) < 4.78 is 12.3.